The topological polar surface area (TPSA) is 156 Å². The summed E-state index contributed by atoms with van der Waals surface area (Å²) in [5.74, 6) is 0.300. The maximum atomic E-state index is 13.1. The number of nitrogens with zero attached hydrogens (tertiary/aromatic N) is 4. The van der Waals surface area contributed by atoms with Crippen LogP contribution in [0.1, 0.15) is 75.8 Å². The number of sulfonamides is 1. The number of aryl methyl sites for hydroxylation is 1. The van der Waals surface area contributed by atoms with Crippen molar-refractivity contribution < 1.29 is 23.1 Å². The summed E-state index contributed by atoms with van der Waals surface area (Å²) >= 11 is 6.24. The number of rotatable bonds is 9. The molecule has 1 saturated heterocycles. The number of halogens is 1. The highest BCUT2D eigenvalue weighted by Gasteiger charge is 2.39. The molecule has 2 aliphatic carbocycles. The Morgan fingerprint density at radius 1 is 1.11 bits per heavy atom. The summed E-state index contributed by atoms with van der Waals surface area (Å²) in [4.78, 5) is 34.9. The second kappa shape index (κ2) is 13.5. The van der Waals surface area contributed by atoms with Crippen molar-refractivity contribution in [1.82, 2.24) is 24.2 Å². The summed E-state index contributed by atoms with van der Waals surface area (Å²) in [5.41, 5.74) is 1.82. The summed E-state index contributed by atoms with van der Waals surface area (Å²) < 4.78 is 36.5. The van der Waals surface area contributed by atoms with Crippen LogP contribution in [-0.4, -0.2) is 71.4 Å². The maximum Gasteiger partial charge on any atom is 0.407 e. The van der Waals surface area contributed by atoms with Crippen molar-refractivity contribution in [3.63, 3.8) is 0 Å². The van der Waals surface area contributed by atoms with E-state index in [1.165, 1.54) is 11.0 Å². The Morgan fingerprint density at radius 2 is 1.83 bits per heavy atom. The van der Waals surface area contributed by atoms with Crippen molar-refractivity contribution in [3.05, 3.63) is 51.4 Å². The second-order valence-corrected chi connectivity index (χ2v) is 15.1. The minimum Gasteiger partial charge on any atom is -0.465 e. The third-order valence-corrected chi connectivity index (χ3v) is 11.7. The normalized spacial score (nSPS) is 19.2. The lowest BCUT2D eigenvalue weighted by molar-refractivity contribution is -0.0195. The van der Waals surface area contributed by atoms with Gasteiger partial charge in [0.1, 0.15) is 10.7 Å². The number of carboxylic acid groups (broad SMARTS) is 1. The molecule has 0 atom stereocenters. The van der Waals surface area contributed by atoms with Gasteiger partial charge < -0.3 is 20.1 Å². The largest absolute Gasteiger partial charge is 0.465 e. The van der Waals surface area contributed by atoms with E-state index in [0.717, 1.165) is 64.2 Å². The Bertz CT molecular complexity index is 1760. The van der Waals surface area contributed by atoms with E-state index >= 15 is 0 Å². The second-order valence-electron chi connectivity index (χ2n) is 12.9. The van der Waals surface area contributed by atoms with Gasteiger partial charge >= 0.3 is 6.09 Å². The van der Waals surface area contributed by atoms with Crippen LogP contribution in [0, 0.1) is 12.3 Å². The number of piperidine rings is 1. The lowest BCUT2D eigenvalue weighted by Gasteiger charge is -2.45. The smallest absolute Gasteiger partial charge is 0.407 e. The van der Waals surface area contributed by atoms with Crippen LogP contribution in [-0.2, 0) is 14.8 Å². The Labute approximate surface area is 273 Å². The number of fused-ring (bicyclic) bond motifs is 1. The molecular weight excluding hydrogens is 632 g/mol. The molecule has 248 valence electrons. The van der Waals surface area contributed by atoms with E-state index in [1.807, 2.05) is 0 Å². The molecule has 3 fully saturated rings. The number of hydrogen-bond acceptors (Lipinski definition) is 8. The van der Waals surface area contributed by atoms with Gasteiger partial charge in [0.05, 0.1) is 17.6 Å². The predicted molar refractivity (Wildman–Crippen MR) is 175 cm³/mol. The average molecular weight is 673 g/mol. The van der Waals surface area contributed by atoms with Gasteiger partial charge in [-0.1, -0.05) is 24.4 Å². The van der Waals surface area contributed by atoms with E-state index in [2.05, 4.69) is 20.0 Å². The first kappa shape index (κ1) is 32.7. The Kier molecular flexibility index (Phi) is 9.56. The Hall–Kier alpha value is -3.26. The van der Waals surface area contributed by atoms with Crippen molar-refractivity contribution >= 4 is 50.4 Å². The molecule has 14 heteroatoms. The summed E-state index contributed by atoms with van der Waals surface area (Å²) in [7, 11) is -3.75. The van der Waals surface area contributed by atoms with Crippen molar-refractivity contribution in [2.24, 2.45) is 5.41 Å². The number of ether oxygens (including phenoxy) is 1. The fourth-order valence-electron chi connectivity index (χ4n) is 7.24. The van der Waals surface area contributed by atoms with Gasteiger partial charge in [0.15, 0.2) is 0 Å². The van der Waals surface area contributed by atoms with Gasteiger partial charge in [-0.05, 0) is 93.5 Å². The molecule has 1 aromatic carbocycles. The summed E-state index contributed by atoms with van der Waals surface area (Å²) in [6.45, 7) is 3.43. The van der Waals surface area contributed by atoms with Gasteiger partial charge in [0, 0.05) is 42.9 Å². The molecule has 3 N–H and O–H groups in total. The zero-order valence-corrected chi connectivity index (χ0v) is 27.6. The molecule has 2 aromatic heterocycles. The van der Waals surface area contributed by atoms with E-state index in [4.69, 9.17) is 16.3 Å². The van der Waals surface area contributed by atoms with E-state index < -0.39 is 16.1 Å². The van der Waals surface area contributed by atoms with Gasteiger partial charge in [-0.25, -0.2) is 22.9 Å². The van der Waals surface area contributed by atoms with Crippen LogP contribution in [0.15, 0.2) is 40.2 Å². The van der Waals surface area contributed by atoms with Crippen LogP contribution in [0.2, 0.25) is 5.02 Å². The van der Waals surface area contributed by atoms with E-state index in [1.54, 1.807) is 35.9 Å². The summed E-state index contributed by atoms with van der Waals surface area (Å²) in [5, 5.41) is 13.2. The van der Waals surface area contributed by atoms with Gasteiger partial charge in [-0.3, -0.25) is 9.36 Å². The minimum atomic E-state index is -3.75. The standard InChI is InChI=1S/C32H41ClN6O6S/c1-21-18-25(46(43,44)35-14-17-45-24-8-10-32(11-9-24)12-15-38(16-13-32)31(41)42)6-7-27(21)36-30-34-20-22-19-26(33)29(40)39(28(22)37-30)23-4-2-3-5-23/h6-7,18-20,23-24,35H,2-5,8-17H2,1H3,(H,41,42)(H,34,36,37). The summed E-state index contributed by atoms with van der Waals surface area (Å²) in [6.07, 6.45) is 10.4. The van der Waals surface area contributed by atoms with Gasteiger partial charge in [-0.15, -0.1) is 0 Å². The molecule has 0 bridgehead atoms. The molecule has 0 unspecified atom stereocenters. The number of benzene rings is 1. The van der Waals surface area contributed by atoms with Crippen LogP contribution >= 0.6 is 11.6 Å². The number of likely N-dealkylation sites (tertiary alicyclic amines) is 1. The van der Waals surface area contributed by atoms with Gasteiger partial charge in [-0.2, -0.15) is 4.98 Å². The molecule has 3 aliphatic rings. The van der Waals surface area contributed by atoms with E-state index in [-0.39, 0.29) is 46.2 Å². The molecule has 1 amide bonds. The van der Waals surface area contributed by atoms with Gasteiger partial charge in [0.25, 0.3) is 5.56 Å². The number of pyridine rings is 1. The number of nitrogens with one attached hydrogen (secondary N) is 2. The maximum absolute atomic E-state index is 13.1. The first-order valence-electron chi connectivity index (χ1n) is 16.1. The SMILES string of the molecule is Cc1cc(S(=O)(=O)NCCOC2CCC3(CC2)CCN(C(=O)O)CC3)ccc1Nc1ncc2cc(Cl)c(=O)n(C3CCCC3)c2n1. The van der Waals surface area contributed by atoms with E-state index in [0.29, 0.717) is 41.3 Å². The average Bonchev–Trinajstić information content (AvgIpc) is 3.57. The summed E-state index contributed by atoms with van der Waals surface area (Å²) in [6, 6.07) is 6.45. The number of amides is 1. The first-order valence-corrected chi connectivity index (χ1v) is 17.9. The molecule has 46 heavy (non-hydrogen) atoms. The molecular formula is C32H41ClN6O6S. The van der Waals surface area contributed by atoms with Crippen molar-refractivity contribution in [1.29, 1.82) is 0 Å². The lowest BCUT2D eigenvalue weighted by atomic mass is 9.67. The first-order chi connectivity index (χ1) is 22.0. The van der Waals surface area contributed by atoms with Crippen molar-refractivity contribution in [2.45, 2.75) is 88.2 Å². The molecule has 2 saturated carbocycles. The van der Waals surface area contributed by atoms with Crippen LogP contribution in [0.5, 0.6) is 0 Å². The molecule has 1 aliphatic heterocycles. The molecule has 1 spiro atoms. The monoisotopic (exact) mass is 672 g/mol. The molecule has 3 aromatic rings. The highest BCUT2D eigenvalue weighted by molar-refractivity contribution is 7.89. The highest BCUT2D eigenvalue weighted by Crippen LogP contribution is 2.45. The quantitative estimate of drug-likeness (QED) is 0.246. The predicted octanol–water partition coefficient (Wildman–Crippen LogP) is 5.61. The molecule has 0 radical (unpaired) electrons. The van der Waals surface area contributed by atoms with E-state index in [9.17, 15) is 23.1 Å². The Balaban J connectivity index is 1.03. The van der Waals surface area contributed by atoms with Crippen molar-refractivity contribution in [3.8, 4) is 0 Å². The van der Waals surface area contributed by atoms with Gasteiger partial charge in [0.2, 0.25) is 16.0 Å². The number of hydrogen-bond donors (Lipinski definition) is 3. The number of aromatic nitrogens is 3. The molecule has 6 rings (SSSR count). The third kappa shape index (κ3) is 7.02. The minimum absolute atomic E-state index is 0.0470. The Morgan fingerprint density at radius 3 is 2.50 bits per heavy atom. The van der Waals surface area contributed by atoms with Crippen LogP contribution in [0.3, 0.4) is 0 Å². The zero-order valence-electron chi connectivity index (χ0n) is 26.0. The van der Waals surface area contributed by atoms with Crippen LogP contribution < -0.4 is 15.6 Å². The van der Waals surface area contributed by atoms with Crippen molar-refractivity contribution in [2.75, 3.05) is 31.6 Å². The molecule has 12 nitrogen and oxygen atoms in total. The highest BCUT2D eigenvalue weighted by atomic mass is 35.5. The lowest BCUT2D eigenvalue weighted by Crippen LogP contribution is -2.44. The number of anilines is 2. The number of carbonyl (C=O) groups is 1. The van der Waals surface area contributed by atoms with Crippen LogP contribution in [0.4, 0.5) is 16.4 Å². The fourth-order valence-corrected chi connectivity index (χ4v) is 8.55. The zero-order chi connectivity index (χ0) is 32.5. The third-order valence-electron chi connectivity index (χ3n) is 10.0. The fraction of sp³-hybridized carbons (Fsp3) is 0.562. The van der Waals surface area contributed by atoms with Crippen LogP contribution in [0.25, 0.3) is 11.0 Å². The molecule has 3 heterocycles.